The van der Waals surface area contributed by atoms with Crippen molar-refractivity contribution in [1.29, 1.82) is 0 Å². The van der Waals surface area contributed by atoms with Gasteiger partial charge in [-0.25, -0.2) is 0 Å². The van der Waals surface area contributed by atoms with Gasteiger partial charge in [-0.2, -0.15) is 0 Å². The molecule has 2 rings (SSSR count). The van der Waals surface area contributed by atoms with Crippen molar-refractivity contribution in [3.05, 3.63) is 82.9 Å². The van der Waals surface area contributed by atoms with Gasteiger partial charge in [0.1, 0.15) is 0 Å². The Hall–Kier alpha value is -2.41. The van der Waals surface area contributed by atoms with Crippen molar-refractivity contribution in [2.75, 3.05) is 0 Å². The normalized spacial score (nSPS) is 11.1. The third-order valence-corrected chi connectivity index (χ3v) is 5.23. The molecule has 148 valence electrons. The van der Waals surface area contributed by atoms with Crippen LogP contribution in [0, 0.1) is 0 Å². The van der Waals surface area contributed by atoms with E-state index >= 15 is 0 Å². The average molecular weight is 375 g/mol. The Balaban J connectivity index is 2.46. The zero-order chi connectivity index (χ0) is 20.2. The van der Waals surface area contributed by atoms with Crippen LogP contribution in [0.4, 0.5) is 0 Å². The lowest BCUT2D eigenvalue weighted by atomic mass is 9.87. The van der Waals surface area contributed by atoms with Crippen LogP contribution in [0.15, 0.2) is 55.1 Å². The molecule has 0 fully saturated rings. The maximum atomic E-state index is 12.5. The molecule has 2 aromatic rings. The van der Waals surface area contributed by atoms with E-state index in [2.05, 4.69) is 62.9 Å². The van der Waals surface area contributed by atoms with Gasteiger partial charge in [-0.1, -0.05) is 101 Å². The summed E-state index contributed by atoms with van der Waals surface area (Å²) in [7, 11) is 0. The molecular weight excluding hydrogens is 340 g/mol. The second kappa shape index (κ2) is 12.1. The van der Waals surface area contributed by atoms with E-state index in [0.717, 1.165) is 31.2 Å². The van der Waals surface area contributed by atoms with Crippen molar-refractivity contribution in [3.8, 4) is 0 Å². The number of allylic oxidation sites excluding steroid dienone is 1. The van der Waals surface area contributed by atoms with Gasteiger partial charge in [0, 0.05) is 5.56 Å². The monoisotopic (exact) mass is 374 g/mol. The molecule has 0 aliphatic rings. The summed E-state index contributed by atoms with van der Waals surface area (Å²) >= 11 is 0. The number of hydrogen-bond acceptors (Lipinski definition) is 1. The second-order valence-corrected chi connectivity index (χ2v) is 7.39. The molecule has 0 spiro atoms. The molecule has 0 N–H and O–H groups in total. The summed E-state index contributed by atoms with van der Waals surface area (Å²) in [4.78, 5) is 12.5. The predicted molar refractivity (Wildman–Crippen MR) is 123 cm³/mol. The number of carbonyl (C=O) groups is 1. The number of rotatable bonds is 12. The molecule has 0 aliphatic heterocycles. The molecule has 1 heteroatoms. The quantitative estimate of drug-likeness (QED) is 0.161. The molecule has 28 heavy (non-hydrogen) atoms. The molecular formula is C27H34O. The first-order chi connectivity index (χ1) is 13.7. The smallest absolute Gasteiger partial charge is 0.185 e. The van der Waals surface area contributed by atoms with Crippen LogP contribution in [0.2, 0.25) is 0 Å². The van der Waals surface area contributed by atoms with Gasteiger partial charge < -0.3 is 0 Å². The summed E-state index contributed by atoms with van der Waals surface area (Å²) < 4.78 is 0. The Morgan fingerprint density at radius 1 is 0.821 bits per heavy atom. The Labute approximate surface area is 171 Å². The molecule has 0 unspecified atom stereocenters. The third kappa shape index (κ3) is 6.34. The molecule has 0 atom stereocenters. The lowest BCUT2D eigenvalue weighted by molar-refractivity contribution is 0.104. The van der Waals surface area contributed by atoms with Gasteiger partial charge >= 0.3 is 0 Å². The molecule has 0 bridgehead atoms. The highest BCUT2D eigenvalue weighted by atomic mass is 16.1. The van der Waals surface area contributed by atoms with E-state index in [-0.39, 0.29) is 5.78 Å². The first kappa shape index (κ1) is 21.9. The van der Waals surface area contributed by atoms with Crippen LogP contribution in [0.25, 0.3) is 12.2 Å². The summed E-state index contributed by atoms with van der Waals surface area (Å²) in [6.07, 6.45) is 14.9. The molecule has 0 amide bonds. The molecule has 2 aromatic carbocycles. The lowest BCUT2D eigenvalue weighted by Gasteiger charge is -2.17. The zero-order valence-corrected chi connectivity index (χ0v) is 17.5. The highest BCUT2D eigenvalue weighted by Crippen LogP contribution is 2.26. The summed E-state index contributed by atoms with van der Waals surface area (Å²) in [6, 6.07) is 14.5. The standard InChI is InChI=1S/C27H34O/c1-4-7-10-16-24-23(19-18-22-14-12-9-13-15-22)20-21-26(27(28)6-3)25(24)17-11-8-5-2/h6,9,12-15,18-21H,3-5,7-8,10-11,16-17H2,1-2H3. The minimum absolute atomic E-state index is 0.0434. The van der Waals surface area contributed by atoms with Gasteiger partial charge in [0.05, 0.1) is 0 Å². The first-order valence-electron chi connectivity index (χ1n) is 10.8. The number of ketones is 1. The van der Waals surface area contributed by atoms with E-state index in [9.17, 15) is 4.79 Å². The topological polar surface area (TPSA) is 17.1 Å². The molecule has 0 aliphatic carbocycles. The van der Waals surface area contributed by atoms with Gasteiger partial charge in [-0.15, -0.1) is 0 Å². The Morgan fingerprint density at radius 3 is 2.07 bits per heavy atom. The fraction of sp³-hybridized carbons (Fsp3) is 0.370. The molecule has 0 saturated carbocycles. The van der Waals surface area contributed by atoms with Crippen LogP contribution >= 0.6 is 0 Å². The van der Waals surface area contributed by atoms with Crippen LogP contribution in [0.5, 0.6) is 0 Å². The van der Waals surface area contributed by atoms with Crippen molar-refractivity contribution in [2.24, 2.45) is 0 Å². The Morgan fingerprint density at radius 2 is 1.46 bits per heavy atom. The van der Waals surface area contributed by atoms with Gasteiger partial charge in [-0.05, 0) is 54.0 Å². The van der Waals surface area contributed by atoms with E-state index in [1.54, 1.807) is 0 Å². The Bertz CT molecular complexity index is 783. The van der Waals surface area contributed by atoms with Gasteiger partial charge in [0.25, 0.3) is 0 Å². The van der Waals surface area contributed by atoms with Crippen LogP contribution in [0.1, 0.15) is 85.0 Å². The fourth-order valence-corrected chi connectivity index (χ4v) is 3.64. The molecule has 0 heterocycles. The van der Waals surface area contributed by atoms with Crippen molar-refractivity contribution >= 4 is 17.9 Å². The molecule has 0 radical (unpaired) electrons. The van der Waals surface area contributed by atoms with Gasteiger partial charge in [0.15, 0.2) is 5.78 Å². The summed E-state index contributed by atoms with van der Waals surface area (Å²) in [6.45, 7) is 8.17. The minimum atomic E-state index is 0.0434. The van der Waals surface area contributed by atoms with Gasteiger partial charge in [0.2, 0.25) is 0 Å². The summed E-state index contributed by atoms with van der Waals surface area (Å²) in [5.74, 6) is 0.0434. The fourth-order valence-electron chi connectivity index (χ4n) is 3.64. The number of benzene rings is 2. The number of carbonyl (C=O) groups excluding carboxylic acids is 1. The predicted octanol–water partition coefficient (Wildman–Crippen LogP) is 7.69. The zero-order valence-electron chi connectivity index (χ0n) is 17.5. The maximum Gasteiger partial charge on any atom is 0.185 e. The van der Waals surface area contributed by atoms with Crippen molar-refractivity contribution < 1.29 is 4.79 Å². The van der Waals surface area contributed by atoms with Crippen molar-refractivity contribution in [1.82, 2.24) is 0 Å². The lowest BCUT2D eigenvalue weighted by Crippen LogP contribution is -2.07. The first-order valence-corrected chi connectivity index (χ1v) is 10.8. The van der Waals surface area contributed by atoms with E-state index < -0.39 is 0 Å². The van der Waals surface area contributed by atoms with Gasteiger partial charge in [-0.3, -0.25) is 4.79 Å². The largest absolute Gasteiger partial charge is 0.289 e. The van der Waals surface area contributed by atoms with E-state index in [0.29, 0.717) is 0 Å². The molecule has 0 aromatic heterocycles. The van der Waals surface area contributed by atoms with Crippen LogP contribution in [-0.4, -0.2) is 5.78 Å². The van der Waals surface area contributed by atoms with E-state index in [1.807, 2.05) is 12.1 Å². The molecule has 0 saturated heterocycles. The third-order valence-electron chi connectivity index (χ3n) is 5.23. The van der Waals surface area contributed by atoms with E-state index in [4.69, 9.17) is 0 Å². The Kier molecular flexibility index (Phi) is 9.48. The highest BCUT2D eigenvalue weighted by molar-refractivity contribution is 6.05. The maximum absolute atomic E-state index is 12.5. The summed E-state index contributed by atoms with van der Waals surface area (Å²) in [5, 5.41) is 0. The summed E-state index contributed by atoms with van der Waals surface area (Å²) in [5.41, 5.74) is 5.87. The average Bonchev–Trinajstić information content (AvgIpc) is 2.73. The highest BCUT2D eigenvalue weighted by Gasteiger charge is 2.15. The van der Waals surface area contributed by atoms with Crippen molar-refractivity contribution in [2.45, 2.75) is 65.2 Å². The number of unbranched alkanes of at least 4 members (excludes halogenated alkanes) is 4. The minimum Gasteiger partial charge on any atom is -0.289 e. The van der Waals surface area contributed by atoms with E-state index in [1.165, 1.54) is 54.0 Å². The SMILES string of the molecule is C=CC(=O)c1ccc(C=Cc2ccccc2)c(CCCCC)c1CCCCC. The van der Waals surface area contributed by atoms with Crippen LogP contribution < -0.4 is 0 Å². The van der Waals surface area contributed by atoms with Crippen LogP contribution in [0.3, 0.4) is 0 Å². The molecule has 1 nitrogen and oxygen atoms in total. The second-order valence-electron chi connectivity index (χ2n) is 7.39. The van der Waals surface area contributed by atoms with Crippen LogP contribution in [-0.2, 0) is 12.8 Å². The van der Waals surface area contributed by atoms with Crippen molar-refractivity contribution in [3.63, 3.8) is 0 Å². The number of hydrogen-bond donors (Lipinski definition) is 0.